The Bertz CT molecular complexity index is 749. The predicted octanol–water partition coefficient (Wildman–Crippen LogP) is 4.10. The smallest absolute Gasteiger partial charge is 0.223 e. The molecular formula is C22H27ClN2O. The highest BCUT2D eigenvalue weighted by atomic mass is 35.5. The molecule has 2 aliphatic rings. The van der Waals surface area contributed by atoms with Crippen molar-refractivity contribution in [1.29, 1.82) is 0 Å². The van der Waals surface area contributed by atoms with E-state index in [-0.39, 0.29) is 30.4 Å². The van der Waals surface area contributed by atoms with Gasteiger partial charge in [-0.25, -0.2) is 0 Å². The number of nitrogens with zero attached hydrogens (tertiary/aromatic N) is 1. The van der Waals surface area contributed by atoms with E-state index in [0.717, 1.165) is 32.2 Å². The number of benzene rings is 2. The van der Waals surface area contributed by atoms with Gasteiger partial charge in [0.2, 0.25) is 5.91 Å². The lowest BCUT2D eigenvalue weighted by Crippen LogP contribution is -2.42. The third-order valence-electron chi connectivity index (χ3n) is 5.87. The fraction of sp³-hybridized carbons (Fsp3) is 0.409. The summed E-state index contributed by atoms with van der Waals surface area (Å²) in [7, 11) is 0. The molecule has 1 aliphatic heterocycles. The van der Waals surface area contributed by atoms with Crippen LogP contribution in [0.1, 0.15) is 48.4 Å². The molecule has 0 aromatic heterocycles. The number of hydrogen-bond donors (Lipinski definition) is 1. The lowest BCUT2D eigenvalue weighted by Gasteiger charge is -2.38. The molecular weight excluding hydrogens is 344 g/mol. The van der Waals surface area contributed by atoms with Gasteiger partial charge in [0.1, 0.15) is 0 Å². The molecule has 0 spiro atoms. The Hall–Kier alpha value is -1.84. The van der Waals surface area contributed by atoms with E-state index < -0.39 is 0 Å². The molecule has 3 atom stereocenters. The summed E-state index contributed by atoms with van der Waals surface area (Å²) in [5, 5.41) is 0. The quantitative estimate of drug-likeness (QED) is 0.884. The van der Waals surface area contributed by atoms with Crippen molar-refractivity contribution in [1.82, 2.24) is 4.90 Å². The summed E-state index contributed by atoms with van der Waals surface area (Å²) in [6.07, 6.45) is 4.83. The second-order valence-electron chi connectivity index (χ2n) is 7.41. The molecule has 26 heavy (non-hydrogen) atoms. The first-order valence-electron chi connectivity index (χ1n) is 9.42. The van der Waals surface area contributed by atoms with E-state index in [4.69, 9.17) is 5.73 Å². The van der Waals surface area contributed by atoms with Crippen molar-refractivity contribution in [3.63, 3.8) is 0 Å². The van der Waals surface area contributed by atoms with Gasteiger partial charge in [-0.1, -0.05) is 61.0 Å². The highest BCUT2D eigenvalue weighted by molar-refractivity contribution is 5.85. The van der Waals surface area contributed by atoms with Gasteiger partial charge in [0, 0.05) is 19.0 Å². The van der Waals surface area contributed by atoms with Crippen molar-refractivity contribution in [3.8, 4) is 0 Å². The summed E-state index contributed by atoms with van der Waals surface area (Å²) in [5.41, 5.74) is 10.0. The molecule has 0 radical (unpaired) electrons. The highest BCUT2D eigenvalue weighted by Gasteiger charge is 2.34. The maximum atomic E-state index is 13.2. The van der Waals surface area contributed by atoms with Gasteiger partial charge in [-0.15, -0.1) is 12.4 Å². The van der Waals surface area contributed by atoms with E-state index in [2.05, 4.69) is 53.4 Å². The maximum absolute atomic E-state index is 13.2. The molecule has 1 fully saturated rings. The molecule has 2 aromatic carbocycles. The van der Waals surface area contributed by atoms with E-state index in [9.17, 15) is 4.79 Å². The fourth-order valence-corrected chi connectivity index (χ4v) is 4.49. The zero-order chi connectivity index (χ0) is 17.2. The number of amides is 1. The van der Waals surface area contributed by atoms with Crippen LogP contribution in [0.4, 0.5) is 0 Å². The minimum absolute atomic E-state index is 0. The Labute approximate surface area is 162 Å². The topological polar surface area (TPSA) is 46.3 Å². The van der Waals surface area contributed by atoms with Crippen LogP contribution in [0.5, 0.6) is 0 Å². The van der Waals surface area contributed by atoms with Crippen LogP contribution in [0.3, 0.4) is 0 Å². The van der Waals surface area contributed by atoms with Gasteiger partial charge in [0.15, 0.2) is 0 Å². The molecule has 1 unspecified atom stereocenters. The van der Waals surface area contributed by atoms with Crippen molar-refractivity contribution in [2.75, 3.05) is 6.54 Å². The largest absolute Gasteiger partial charge is 0.331 e. The second-order valence-corrected chi connectivity index (χ2v) is 7.41. The Morgan fingerprint density at radius 2 is 1.77 bits per heavy atom. The normalized spacial score (nSPS) is 24.7. The van der Waals surface area contributed by atoms with Gasteiger partial charge in [0.05, 0.1) is 6.04 Å². The van der Waals surface area contributed by atoms with Crippen LogP contribution in [-0.4, -0.2) is 23.4 Å². The standard InChI is InChI=1S/C22H26N2O.ClH/c23-20-12-6-10-18(20)15-21(25)24-14-13-16-7-4-5-11-19(16)22(24)17-8-2-1-3-9-17;/h1-5,7-9,11,18,20,22H,6,10,12-15,23H2;1H/t18-,20+,22?;/m0./s1. The van der Waals surface area contributed by atoms with E-state index in [1.165, 1.54) is 16.7 Å². The number of nitrogens with two attached hydrogens (primary N) is 1. The number of hydrogen-bond acceptors (Lipinski definition) is 2. The monoisotopic (exact) mass is 370 g/mol. The summed E-state index contributed by atoms with van der Waals surface area (Å²) >= 11 is 0. The molecule has 1 heterocycles. The third kappa shape index (κ3) is 3.65. The first-order valence-corrected chi connectivity index (χ1v) is 9.42. The molecule has 1 amide bonds. The molecule has 0 saturated heterocycles. The maximum Gasteiger partial charge on any atom is 0.223 e. The number of rotatable bonds is 3. The molecule has 1 saturated carbocycles. The van der Waals surface area contributed by atoms with E-state index >= 15 is 0 Å². The summed E-state index contributed by atoms with van der Waals surface area (Å²) in [5.74, 6) is 0.604. The number of fused-ring (bicyclic) bond motifs is 1. The van der Waals surface area contributed by atoms with Crippen molar-refractivity contribution < 1.29 is 4.79 Å². The first-order chi connectivity index (χ1) is 12.2. The first kappa shape index (κ1) is 18.9. The van der Waals surface area contributed by atoms with Gasteiger partial charge in [-0.2, -0.15) is 0 Å². The Balaban J connectivity index is 0.00000196. The molecule has 3 nitrogen and oxygen atoms in total. The van der Waals surface area contributed by atoms with E-state index in [0.29, 0.717) is 12.3 Å². The van der Waals surface area contributed by atoms with E-state index in [1.54, 1.807) is 0 Å². The number of carbonyl (C=O) groups excluding carboxylic acids is 1. The van der Waals surface area contributed by atoms with Gasteiger partial charge in [-0.3, -0.25) is 4.79 Å². The molecule has 138 valence electrons. The Morgan fingerprint density at radius 3 is 2.50 bits per heavy atom. The molecule has 1 aliphatic carbocycles. The van der Waals surface area contributed by atoms with Gasteiger partial charge >= 0.3 is 0 Å². The summed E-state index contributed by atoms with van der Waals surface area (Å²) < 4.78 is 0. The van der Waals surface area contributed by atoms with Crippen LogP contribution < -0.4 is 5.73 Å². The zero-order valence-electron chi connectivity index (χ0n) is 15.0. The van der Waals surface area contributed by atoms with Gasteiger partial charge in [0.25, 0.3) is 0 Å². The fourth-order valence-electron chi connectivity index (χ4n) is 4.49. The van der Waals surface area contributed by atoms with Gasteiger partial charge < -0.3 is 10.6 Å². The van der Waals surface area contributed by atoms with Crippen molar-refractivity contribution in [2.24, 2.45) is 11.7 Å². The van der Waals surface area contributed by atoms with Crippen molar-refractivity contribution >= 4 is 18.3 Å². The minimum atomic E-state index is 0. The lowest BCUT2D eigenvalue weighted by atomic mass is 9.87. The molecule has 4 rings (SSSR count). The second kappa shape index (κ2) is 8.24. The Morgan fingerprint density at radius 1 is 1.04 bits per heavy atom. The summed E-state index contributed by atoms with van der Waals surface area (Å²) in [6.45, 7) is 0.789. The lowest BCUT2D eigenvalue weighted by molar-refractivity contribution is -0.134. The summed E-state index contributed by atoms with van der Waals surface area (Å²) in [4.78, 5) is 15.2. The predicted molar refractivity (Wildman–Crippen MR) is 107 cm³/mol. The van der Waals surface area contributed by atoms with Crippen LogP contribution in [0.2, 0.25) is 0 Å². The molecule has 0 bridgehead atoms. The summed E-state index contributed by atoms with van der Waals surface area (Å²) in [6, 6.07) is 19.2. The van der Waals surface area contributed by atoms with Crippen molar-refractivity contribution in [2.45, 2.75) is 44.2 Å². The van der Waals surface area contributed by atoms with Crippen LogP contribution in [0, 0.1) is 5.92 Å². The SMILES string of the molecule is Cl.N[C@@H]1CCC[C@H]1CC(=O)N1CCc2ccccc2C1c1ccccc1. The average molecular weight is 371 g/mol. The van der Waals surface area contributed by atoms with E-state index in [1.807, 2.05) is 6.07 Å². The molecule has 4 heteroatoms. The van der Waals surface area contributed by atoms with Crippen LogP contribution >= 0.6 is 12.4 Å². The van der Waals surface area contributed by atoms with Crippen LogP contribution in [0.15, 0.2) is 54.6 Å². The highest BCUT2D eigenvalue weighted by Crippen LogP contribution is 2.36. The van der Waals surface area contributed by atoms with Crippen LogP contribution in [-0.2, 0) is 11.2 Å². The third-order valence-corrected chi connectivity index (χ3v) is 5.87. The van der Waals surface area contributed by atoms with Gasteiger partial charge in [-0.05, 0) is 41.9 Å². The Kier molecular flexibility index (Phi) is 6.00. The zero-order valence-corrected chi connectivity index (χ0v) is 15.8. The average Bonchev–Trinajstić information content (AvgIpc) is 3.06. The molecule has 2 N–H and O–H groups in total. The minimum Gasteiger partial charge on any atom is -0.331 e. The van der Waals surface area contributed by atoms with Crippen LogP contribution in [0.25, 0.3) is 0 Å². The molecule has 2 aromatic rings. The van der Waals surface area contributed by atoms with Crippen molar-refractivity contribution in [3.05, 3.63) is 71.3 Å². The number of halogens is 1. The number of carbonyl (C=O) groups is 1.